The van der Waals surface area contributed by atoms with E-state index in [1.54, 1.807) is 18.2 Å². The molecule has 0 bridgehead atoms. The van der Waals surface area contributed by atoms with Gasteiger partial charge in [0.05, 0.1) is 24.0 Å². The number of benzene rings is 2. The van der Waals surface area contributed by atoms with Crippen molar-refractivity contribution in [2.75, 3.05) is 12.8 Å². The van der Waals surface area contributed by atoms with Gasteiger partial charge in [-0.05, 0) is 48.0 Å². The Kier molecular flexibility index (Phi) is 7.74. The molecular weight excluding hydrogens is 482 g/mol. The van der Waals surface area contributed by atoms with Gasteiger partial charge in [-0.2, -0.15) is 5.10 Å². The molecule has 1 heterocycles. The van der Waals surface area contributed by atoms with E-state index in [0.29, 0.717) is 22.6 Å². The Morgan fingerprint density at radius 3 is 2.59 bits per heavy atom. The third-order valence-electron chi connectivity index (χ3n) is 4.18. The largest absolute Gasteiger partial charge is 0.496 e. The number of carbonyl (C=O) groups is 1. The molecule has 0 aliphatic rings. The van der Waals surface area contributed by atoms with Gasteiger partial charge in [0.1, 0.15) is 28.9 Å². The summed E-state index contributed by atoms with van der Waals surface area (Å²) in [6.45, 7) is 0.172. The first-order chi connectivity index (χ1) is 15.3. The number of methoxy groups -OCH3 is 1. The second-order valence-electron chi connectivity index (χ2n) is 6.31. The number of pyridine rings is 1. The Balaban J connectivity index is 1.71. The number of rotatable bonds is 7. The molecule has 3 rings (SSSR count). The van der Waals surface area contributed by atoms with E-state index >= 15 is 0 Å². The summed E-state index contributed by atoms with van der Waals surface area (Å²) in [4.78, 5) is 16.2. The minimum absolute atomic E-state index is 0.0367. The molecule has 1 aromatic heterocycles. The monoisotopic (exact) mass is 496 g/mol. The number of amides is 1. The first-order valence-corrected chi connectivity index (χ1v) is 10.1. The zero-order chi connectivity index (χ0) is 23.3. The molecule has 0 saturated carbocycles. The molecule has 0 unspecified atom stereocenters. The molecule has 32 heavy (non-hydrogen) atoms. The molecule has 0 spiro atoms. The number of nitrogens with one attached hydrogen (secondary N) is 1. The van der Waals surface area contributed by atoms with Crippen molar-refractivity contribution in [3.8, 4) is 11.5 Å². The highest BCUT2D eigenvalue weighted by Gasteiger charge is 2.19. The topological polar surface area (TPSA) is 98.8 Å². The third kappa shape index (κ3) is 5.59. The van der Waals surface area contributed by atoms with E-state index in [1.807, 2.05) is 0 Å². The Labute approximate surface area is 197 Å². The zero-order valence-corrected chi connectivity index (χ0v) is 18.8. The Bertz CT molecular complexity index is 1170. The van der Waals surface area contributed by atoms with Gasteiger partial charge in [0.2, 0.25) is 0 Å². The van der Waals surface area contributed by atoms with Crippen LogP contribution in [0.3, 0.4) is 0 Å². The number of nitrogens with zero attached hydrogens (tertiary/aromatic N) is 2. The fourth-order valence-electron chi connectivity index (χ4n) is 2.58. The predicted molar refractivity (Wildman–Crippen MR) is 122 cm³/mol. The van der Waals surface area contributed by atoms with E-state index in [-0.39, 0.29) is 39.0 Å². The molecule has 3 aromatic rings. The first-order valence-electron chi connectivity index (χ1n) is 8.98. The lowest BCUT2D eigenvalue weighted by molar-refractivity contribution is 0.0950. The quantitative estimate of drug-likeness (QED) is 0.268. The lowest BCUT2D eigenvalue weighted by atomic mass is 10.1. The first kappa shape index (κ1) is 23.6. The molecule has 166 valence electrons. The maximum Gasteiger partial charge on any atom is 0.291 e. The standard InChI is InChI=1S/C21H16Cl3FN4O3/c1-31-15-7-2-11(8-12(15)10-32-14-5-3-13(25)4-6-14)9-27-29-21(30)19-16(22)18(26)17(23)20(24)28-19/h2-9H,10H2,1H3,(H2,26,28)(H,29,30). The number of nitrogens with two attached hydrogens (primary N) is 1. The lowest BCUT2D eigenvalue weighted by Crippen LogP contribution is -2.20. The smallest absolute Gasteiger partial charge is 0.291 e. The second kappa shape index (κ2) is 10.5. The van der Waals surface area contributed by atoms with Crippen LogP contribution in [0.1, 0.15) is 21.6 Å². The number of hydrazone groups is 1. The molecule has 0 aliphatic heterocycles. The Hall–Kier alpha value is -3.07. The van der Waals surface area contributed by atoms with Gasteiger partial charge >= 0.3 is 0 Å². The van der Waals surface area contributed by atoms with Crippen LogP contribution in [0.25, 0.3) is 0 Å². The summed E-state index contributed by atoms with van der Waals surface area (Å²) >= 11 is 17.7. The van der Waals surface area contributed by atoms with E-state index in [1.165, 1.54) is 37.6 Å². The van der Waals surface area contributed by atoms with Gasteiger partial charge in [0, 0.05) is 5.56 Å². The highest BCUT2D eigenvalue weighted by Crippen LogP contribution is 2.34. The number of aromatic nitrogens is 1. The highest BCUT2D eigenvalue weighted by molar-refractivity contribution is 6.46. The number of halogens is 4. The van der Waals surface area contributed by atoms with Crippen molar-refractivity contribution in [3.05, 3.63) is 80.3 Å². The van der Waals surface area contributed by atoms with Crippen LogP contribution in [-0.2, 0) is 6.61 Å². The highest BCUT2D eigenvalue weighted by atomic mass is 35.5. The predicted octanol–water partition coefficient (Wildman–Crippen LogP) is 5.11. The Morgan fingerprint density at radius 2 is 1.91 bits per heavy atom. The molecule has 0 saturated heterocycles. The fourth-order valence-corrected chi connectivity index (χ4v) is 3.18. The van der Waals surface area contributed by atoms with Gasteiger partial charge in [0.25, 0.3) is 5.91 Å². The number of anilines is 1. The molecule has 0 radical (unpaired) electrons. The number of carbonyl (C=O) groups excluding carboxylic acids is 1. The lowest BCUT2D eigenvalue weighted by Gasteiger charge is -2.11. The molecule has 0 fully saturated rings. The molecule has 1 amide bonds. The van der Waals surface area contributed by atoms with Crippen molar-refractivity contribution < 1.29 is 18.7 Å². The maximum absolute atomic E-state index is 13.0. The average molecular weight is 498 g/mol. The third-order valence-corrected chi connectivity index (χ3v) is 5.31. The molecule has 0 aliphatic carbocycles. The van der Waals surface area contributed by atoms with E-state index in [0.717, 1.165) is 0 Å². The minimum atomic E-state index is -0.718. The van der Waals surface area contributed by atoms with Crippen molar-refractivity contribution in [2.45, 2.75) is 6.61 Å². The van der Waals surface area contributed by atoms with Crippen molar-refractivity contribution >= 4 is 52.6 Å². The maximum atomic E-state index is 13.0. The molecule has 2 aromatic carbocycles. The van der Waals surface area contributed by atoms with Crippen molar-refractivity contribution in [2.24, 2.45) is 5.10 Å². The summed E-state index contributed by atoms with van der Waals surface area (Å²) in [5.41, 5.74) is 9.12. The average Bonchev–Trinajstić information content (AvgIpc) is 2.79. The van der Waals surface area contributed by atoms with Gasteiger partial charge in [-0.25, -0.2) is 14.8 Å². The molecule has 7 nitrogen and oxygen atoms in total. The zero-order valence-electron chi connectivity index (χ0n) is 16.5. The van der Waals surface area contributed by atoms with Gasteiger partial charge in [-0.15, -0.1) is 0 Å². The van der Waals surface area contributed by atoms with Crippen LogP contribution >= 0.6 is 34.8 Å². The van der Waals surface area contributed by atoms with Crippen LogP contribution in [-0.4, -0.2) is 24.2 Å². The van der Waals surface area contributed by atoms with E-state index < -0.39 is 5.91 Å². The van der Waals surface area contributed by atoms with E-state index in [2.05, 4.69) is 15.5 Å². The normalized spacial score (nSPS) is 10.9. The molecule has 0 atom stereocenters. The summed E-state index contributed by atoms with van der Waals surface area (Å²) < 4.78 is 24.0. The number of nitrogen functional groups attached to an aromatic ring is 1. The molecule has 3 N–H and O–H groups in total. The van der Waals surface area contributed by atoms with Gasteiger partial charge in [-0.3, -0.25) is 4.79 Å². The Morgan fingerprint density at radius 1 is 1.19 bits per heavy atom. The van der Waals surface area contributed by atoms with Crippen LogP contribution in [0, 0.1) is 5.82 Å². The van der Waals surface area contributed by atoms with Crippen molar-refractivity contribution in [3.63, 3.8) is 0 Å². The van der Waals surface area contributed by atoms with Crippen LogP contribution in [0.5, 0.6) is 11.5 Å². The summed E-state index contributed by atoms with van der Waals surface area (Å²) in [5, 5.41) is 3.59. The van der Waals surface area contributed by atoms with Gasteiger partial charge in [-0.1, -0.05) is 34.8 Å². The summed E-state index contributed by atoms with van der Waals surface area (Å²) in [7, 11) is 1.53. The number of hydrogen-bond acceptors (Lipinski definition) is 6. The fraction of sp³-hybridized carbons (Fsp3) is 0.0952. The summed E-state index contributed by atoms with van der Waals surface area (Å²) in [6, 6.07) is 10.9. The SMILES string of the molecule is COc1ccc(C=NNC(=O)c2nc(Cl)c(Cl)c(N)c2Cl)cc1COc1ccc(F)cc1. The summed E-state index contributed by atoms with van der Waals surface area (Å²) in [5.74, 6) is 0.0285. The number of ether oxygens (including phenoxy) is 2. The number of hydrogen-bond donors (Lipinski definition) is 2. The van der Waals surface area contributed by atoms with Crippen LogP contribution in [0.15, 0.2) is 47.6 Å². The van der Waals surface area contributed by atoms with Gasteiger partial charge in [0.15, 0.2) is 10.8 Å². The minimum Gasteiger partial charge on any atom is -0.496 e. The van der Waals surface area contributed by atoms with Crippen molar-refractivity contribution in [1.29, 1.82) is 0 Å². The van der Waals surface area contributed by atoms with Crippen LogP contribution in [0.2, 0.25) is 15.2 Å². The molecule has 11 heteroatoms. The van der Waals surface area contributed by atoms with Crippen LogP contribution < -0.4 is 20.6 Å². The van der Waals surface area contributed by atoms with Crippen molar-refractivity contribution in [1.82, 2.24) is 10.4 Å². The second-order valence-corrected chi connectivity index (χ2v) is 7.42. The molecular formula is C21H16Cl3FN4O3. The van der Waals surface area contributed by atoms with E-state index in [9.17, 15) is 9.18 Å². The summed E-state index contributed by atoms with van der Waals surface area (Å²) in [6.07, 6.45) is 1.41. The van der Waals surface area contributed by atoms with Crippen LogP contribution in [0.4, 0.5) is 10.1 Å². The van der Waals surface area contributed by atoms with Gasteiger partial charge < -0.3 is 15.2 Å². The van der Waals surface area contributed by atoms with E-state index in [4.69, 9.17) is 50.0 Å².